The van der Waals surface area contributed by atoms with Crippen molar-refractivity contribution < 1.29 is 13.2 Å². The highest BCUT2D eigenvalue weighted by molar-refractivity contribution is 9.11. The molecule has 8 heteroatoms. The van der Waals surface area contributed by atoms with E-state index in [1.165, 1.54) is 0 Å². The lowest BCUT2D eigenvalue weighted by Gasteiger charge is -2.20. The van der Waals surface area contributed by atoms with Crippen molar-refractivity contribution in [2.24, 2.45) is 10.2 Å². The minimum Gasteiger partial charge on any atom is -0.372 e. The number of hydrogen-bond acceptors (Lipinski definition) is 3. The number of hydrogen-bond donors (Lipinski definition) is 0. The Bertz CT molecular complexity index is 732. The second-order valence-electron chi connectivity index (χ2n) is 5.17. The third kappa shape index (κ3) is 5.04. The predicted octanol–water partition coefficient (Wildman–Crippen LogP) is 7.49. The number of rotatable bonds is 5. The largest absolute Gasteiger partial charge is 0.416 e. The van der Waals surface area contributed by atoms with Crippen molar-refractivity contribution in [2.45, 2.75) is 20.0 Å². The van der Waals surface area contributed by atoms with Crippen LogP contribution in [0.5, 0.6) is 0 Å². The second kappa shape index (κ2) is 8.31. The normalized spacial score (nSPS) is 12.0. The summed E-state index contributed by atoms with van der Waals surface area (Å²) in [6, 6.07) is 9.51. The van der Waals surface area contributed by atoms with E-state index in [9.17, 15) is 13.2 Å². The lowest BCUT2D eigenvalue weighted by Crippen LogP contribution is -2.21. The molecule has 134 valence electrons. The van der Waals surface area contributed by atoms with Crippen molar-refractivity contribution in [3.8, 4) is 0 Å². The van der Waals surface area contributed by atoms with Crippen LogP contribution in [-0.4, -0.2) is 13.1 Å². The van der Waals surface area contributed by atoms with Gasteiger partial charge in [0.2, 0.25) is 0 Å². The van der Waals surface area contributed by atoms with Gasteiger partial charge in [0.15, 0.2) is 0 Å². The fourth-order valence-electron chi connectivity index (χ4n) is 2.25. The van der Waals surface area contributed by atoms with Gasteiger partial charge in [0.1, 0.15) is 5.69 Å². The molecule has 0 saturated heterocycles. The van der Waals surface area contributed by atoms with Crippen molar-refractivity contribution >= 4 is 48.9 Å². The molecule has 0 N–H and O–H groups in total. The first kappa shape index (κ1) is 19.9. The number of benzene rings is 2. The van der Waals surface area contributed by atoms with Crippen molar-refractivity contribution in [2.75, 3.05) is 18.0 Å². The first-order valence-electron chi connectivity index (χ1n) is 7.59. The fourth-order valence-corrected chi connectivity index (χ4v) is 3.60. The highest BCUT2D eigenvalue weighted by Crippen LogP contribution is 2.40. The molecule has 0 heterocycles. The molecule has 0 aliphatic heterocycles. The van der Waals surface area contributed by atoms with Gasteiger partial charge in [0.05, 0.1) is 11.3 Å². The van der Waals surface area contributed by atoms with Crippen LogP contribution in [0.15, 0.2) is 55.6 Å². The van der Waals surface area contributed by atoms with Crippen molar-refractivity contribution in [1.29, 1.82) is 0 Å². The van der Waals surface area contributed by atoms with Gasteiger partial charge in [-0.15, -0.1) is 5.11 Å². The topological polar surface area (TPSA) is 28.0 Å². The Hall–Kier alpha value is -1.41. The summed E-state index contributed by atoms with van der Waals surface area (Å²) in [6.07, 6.45) is -4.42. The van der Waals surface area contributed by atoms with Crippen LogP contribution in [0.1, 0.15) is 19.4 Å². The van der Waals surface area contributed by atoms with Crippen LogP contribution in [-0.2, 0) is 6.18 Å². The van der Waals surface area contributed by atoms with Gasteiger partial charge in [-0.1, -0.05) is 0 Å². The smallest absolute Gasteiger partial charge is 0.372 e. The van der Waals surface area contributed by atoms with Crippen LogP contribution in [0.4, 0.5) is 30.2 Å². The van der Waals surface area contributed by atoms with E-state index >= 15 is 0 Å². The fraction of sp³-hybridized carbons (Fsp3) is 0.294. The predicted molar refractivity (Wildman–Crippen MR) is 101 cm³/mol. The molecule has 0 fully saturated rings. The molecular weight excluding hydrogens is 463 g/mol. The van der Waals surface area contributed by atoms with Gasteiger partial charge in [-0.05, 0) is 82.1 Å². The monoisotopic (exact) mass is 477 g/mol. The Labute approximate surface area is 161 Å². The minimum absolute atomic E-state index is 0.220. The summed E-state index contributed by atoms with van der Waals surface area (Å²) < 4.78 is 38.8. The van der Waals surface area contributed by atoms with E-state index in [0.717, 1.165) is 30.9 Å². The number of alkyl halides is 3. The molecule has 0 bridgehead atoms. The van der Waals surface area contributed by atoms with Gasteiger partial charge >= 0.3 is 6.18 Å². The van der Waals surface area contributed by atoms with E-state index in [-0.39, 0.29) is 8.95 Å². The maximum atomic E-state index is 12.8. The molecule has 3 nitrogen and oxygen atoms in total. The molecular formula is C17H16Br2F3N3. The van der Waals surface area contributed by atoms with Crippen LogP contribution >= 0.6 is 31.9 Å². The summed E-state index contributed by atoms with van der Waals surface area (Å²) in [5, 5.41) is 8.17. The SMILES string of the molecule is CCN(CC)c1ccc(N=Nc2c(Br)cc(C(F)(F)F)cc2Br)cc1. The molecule has 0 spiro atoms. The number of nitrogens with zero attached hydrogens (tertiary/aromatic N) is 3. The molecule has 2 aromatic rings. The Morgan fingerprint density at radius 1 is 0.920 bits per heavy atom. The zero-order valence-electron chi connectivity index (χ0n) is 13.6. The lowest BCUT2D eigenvalue weighted by atomic mass is 10.2. The van der Waals surface area contributed by atoms with E-state index in [4.69, 9.17) is 0 Å². The Balaban J connectivity index is 2.25. The van der Waals surface area contributed by atoms with Gasteiger partial charge in [0.25, 0.3) is 0 Å². The zero-order valence-corrected chi connectivity index (χ0v) is 16.8. The molecule has 0 unspecified atom stereocenters. The summed E-state index contributed by atoms with van der Waals surface area (Å²) in [7, 11) is 0. The van der Waals surface area contributed by atoms with E-state index < -0.39 is 11.7 Å². The standard InChI is InChI=1S/C17H16Br2F3N3/c1-3-25(4-2)13-7-5-12(6-8-13)23-24-16-14(18)9-11(10-15(16)19)17(20,21)22/h5-10H,3-4H2,1-2H3. The van der Waals surface area contributed by atoms with E-state index in [1.807, 2.05) is 24.3 Å². The second-order valence-corrected chi connectivity index (χ2v) is 6.88. The zero-order chi connectivity index (χ0) is 18.6. The van der Waals surface area contributed by atoms with Crippen molar-refractivity contribution in [1.82, 2.24) is 0 Å². The molecule has 2 aromatic carbocycles. The van der Waals surface area contributed by atoms with Gasteiger partial charge < -0.3 is 4.90 Å². The first-order chi connectivity index (χ1) is 11.8. The third-order valence-corrected chi connectivity index (χ3v) is 4.80. The number of halogens is 5. The number of azo groups is 1. The lowest BCUT2D eigenvalue weighted by molar-refractivity contribution is -0.137. The number of anilines is 1. The summed E-state index contributed by atoms with van der Waals surface area (Å²) in [6.45, 7) is 5.97. The van der Waals surface area contributed by atoms with Crippen molar-refractivity contribution in [3.63, 3.8) is 0 Å². The average molecular weight is 479 g/mol. The summed E-state index contributed by atoms with van der Waals surface area (Å²) in [5.74, 6) is 0. The van der Waals surface area contributed by atoms with E-state index in [1.54, 1.807) is 0 Å². The third-order valence-electron chi connectivity index (χ3n) is 3.59. The van der Waals surface area contributed by atoms with Crippen LogP contribution in [0.25, 0.3) is 0 Å². The molecule has 25 heavy (non-hydrogen) atoms. The van der Waals surface area contributed by atoms with Gasteiger partial charge in [0, 0.05) is 27.7 Å². The minimum atomic E-state index is -4.42. The molecule has 0 saturated carbocycles. The molecule has 2 rings (SSSR count). The highest BCUT2D eigenvalue weighted by Gasteiger charge is 2.31. The first-order valence-corrected chi connectivity index (χ1v) is 9.17. The average Bonchev–Trinajstić information content (AvgIpc) is 2.55. The molecule has 0 radical (unpaired) electrons. The summed E-state index contributed by atoms with van der Waals surface area (Å²) in [4.78, 5) is 2.20. The Morgan fingerprint density at radius 2 is 1.44 bits per heavy atom. The van der Waals surface area contributed by atoms with Crippen molar-refractivity contribution in [3.05, 3.63) is 50.9 Å². The molecule has 0 atom stereocenters. The van der Waals surface area contributed by atoms with Gasteiger partial charge in [-0.25, -0.2) is 0 Å². The van der Waals surface area contributed by atoms with Crippen LogP contribution < -0.4 is 4.90 Å². The highest BCUT2D eigenvalue weighted by atomic mass is 79.9. The molecule has 0 aliphatic rings. The molecule has 0 amide bonds. The van der Waals surface area contributed by atoms with Crippen LogP contribution in [0.2, 0.25) is 0 Å². The van der Waals surface area contributed by atoms with Crippen LogP contribution in [0, 0.1) is 0 Å². The summed E-state index contributed by atoms with van der Waals surface area (Å²) in [5.41, 5.74) is 1.25. The quantitative estimate of drug-likeness (QED) is 0.409. The molecule has 0 aliphatic carbocycles. The maximum Gasteiger partial charge on any atom is 0.416 e. The summed E-state index contributed by atoms with van der Waals surface area (Å²) >= 11 is 6.25. The van der Waals surface area contributed by atoms with Gasteiger partial charge in [-0.2, -0.15) is 18.3 Å². The maximum absolute atomic E-state index is 12.8. The van der Waals surface area contributed by atoms with E-state index in [2.05, 4.69) is 60.8 Å². The van der Waals surface area contributed by atoms with E-state index in [0.29, 0.717) is 11.4 Å². The van der Waals surface area contributed by atoms with Gasteiger partial charge in [-0.3, -0.25) is 0 Å². The Morgan fingerprint density at radius 3 is 1.88 bits per heavy atom. The molecule has 0 aromatic heterocycles. The van der Waals surface area contributed by atoms with Crippen LogP contribution in [0.3, 0.4) is 0 Å². The Kier molecular flexibility index (Phi) is 6.62.